The van der Waals surface area contributed by atoms with Gasteiger partial charge >= 0.3 is 0 Å². The summed E-state index contributed by atoms with van der Waals surface area (Å²) in [5.41, 5.74) is 9.13. The van der Waals surface area contributed by atoms with Gasteiger partial charge in [0, 0.05) is 18.5 Å². The van der Waals surface area contributed by atoms with Crippen molar-refractivity contribution in [2.24, 2.45) is 11.7 Å². The van der Waals surface area contributed by atoms with Crippen molar-refractivity contribution >= 4 is 5.91 Å². The zero-order chi connectivity index (χ0) is 15.4. The van der Waals surface area contributed by atoms with Gasteiger partial charge in [-0.2, -0.15) is 0 Å². The van der Waals surface area contributed by atoms with Crippen LogP contribution in [-0.4, -0.2) is 18.0 Å². The molecule has 3 nitrogen and oxygen atoms in total. The molecule has 0 atom stereocenters. The molecule has 0 spiro atoms. The molecular weight excluding hydrogens is 272 g/mol. The van der Waals surface area contributed by atoms with E-state index in [9.17, 15) is 4.79 Å². The van der Waals surface area contributed by atoms with Gasteiger partial charge in [-0.3, -0.25) is 4.79 Å². The molecule has 0 heterocycles. The predicted octanol–water partition coefficient (Wildman–Crippen LogP) is 2.96. The Bertz CT molecular complexity index is 493. The molecule has 0 radical (unpaired) electrons. The summed E-state index contributed by atoms with van der Waals surface area (Å²) in [7, 11) is 0. The van der Waals surface area contributed by atoms with E-state index in [2.05, 4.69) is 29.6 Å². The van der Waals surface area contributed by atoms with E-state index in [-0.39, 0.29) is 11.4 Å². The number of carbonyl (C=O) groups excluding carboxylic acids is 1. The lowest BCUT2D eigenvalue weighted by Gasteiger charge is -2.28. The van der Waals surface area contributed by atoms with Crippen molar-refractivity contribution in [1.82, 2.24) is 5.32 Å². The Kier molecular flexibility index (Phi) is 4.82. The lowest BCUT2D eigenvalue weighted by Crippen LogP contribution is -2.50. The molecule has 3 rings (SSSR count). The Morgan fingerprint density at radius 2 is 1.68 bits per heavy atom. The van der Waals surface area contributed by atoms with E-state index in [1.54, 1.807) is 0 Å². The highest BCUT2D eigenvalue weighted by Gasteiger charge is 2.28. The Morgan fingerprint density at radius 1 is 1.09 bits per heavy atom. The molecule has 3 N–H and O–H groups in total. The zero-order valence-electron chi connectivity index (χ0n) is 13.4. The first-order chi connectivity index (χ1) is 10.6. The second-order valence-corrected chi connectivity index (χ2v) is 7.30. The van der Waals surface area contributed by atoms with Crippen LogP contribution >= 0.6 is 0 Å². The van der Waals surface area contributed by atoms with Gasteiger partial charge in [0.2, 0.25) is 5.91 Å². The zero-order valence-corrected chi connectivity index (χ0v) is 13.4. The Morgan fingerprint density at radius 3 is 2.27 bits per heavy atom. The van der Waals surface area contributed by atoms with Crippen LogP contribution in [0.4, 0.5) is 0 Å². The Hall–Kier alpha value is -1.35. The first-order valence-corrected chi connectivity index (χ1v) is 8.77. The van der Waals surface area contributed by atoms with Crippen LogP contribution < -0.4 is 11.1 Å². The molecule has 1 aromatic carbocycles. The number of rotatable bonds is 4. The number of hydrogen-bond acceptors (Lipinski definition) is 2. The maximum atomic E-state index is 12.3. The molecule has 22 heavy (non-hydrogen) atoms. The van der Waals surface area contributed by atoms with Crippen LogP contribution in [0, 0.1) is 5.92 Å². The first-order valence-electron chi connectivity index (χ1n) is 8.77. The molecule has 0 saturated heterocycles. The normalized spacial score (nSPS) is 21.1. The van der Waals surface area contributed by atoms with E-state index in [0.29, 0.717) is 18.9 Å². The predicted molar refractivity (Wildman–Crippen MR) is 89.6 cm³/mol. The monoisotopic (exact) mass is 300 g/mol. The van der Waals surface area contributed by atoms with Crippen LogP contribution in [0.1, 0.15) is 56.1 Å². The summed E-state index contributed by atoms with van der Waals surface area (Å²) in [4.78, 5) is 12.3. The highest BCUT2D eigenvalue weighted by Crippen LogP contribution is 2.29. The molecule has 0 aliphatic heterocycles. The second kappa shape index (κ2) is 6.82. The number of nitrogens with one attached hydrogen (secondary N) is 1. The topological polar surface area (TPSA) is 55.1 Å². The summed E-state index contributed by atoms with van der Waals surface area (Å²) in [5, 5.41) is 3.11. The maximum absolute atomic E-state index is 12.3. The minimum Gasteiger partial charge on any atom is -0.354 e. The molecule has 0 aromatic heterocycles. The first kappa shape index (κ1) is 15.5. The van der Waals surface area contributed by atoms with Crippen LogP contribution in [0.2, 0.25) is 0 Å². The average Bonchev–Trinajstić information content (AvgIpc) is 2.78. The van der Waals surface area contributed by atoms with Crippen molar-refractivity contribution in [2.45, 2.75) is 63.3 Å². The standard InChI is InChI=1S/C19H28N2O/c20-19(9-5-1-2-6-10-19)14-21-18(22)13-15-11-16-7-3-4-8-17(16)12-15/h3-4,7-8,15H,1-2,5-6,9-14,20H2,(H,21,22). The molecular formula is C19H28N2O. The third kappa shape index (κ3) is 3.89. The van der Waals surface area contributed by atoms with E-state index in [1.807, 2.05) is 0 Å². The van der Waals surface area contributed by atoms with Gasteiger partial charge in [-0.15, -0.1) is 0 Å². The average molecular weight is 300 g/mol. The number of hydrogen-bond donors (Lipinski definition) is 2. The minimum absolute atomic E-state index is 0.173. The number of nitrogens with two attached hydrogens (primary N) is 1. The molecule has 2 aliphatic rings. The van der Waals surface area contributed by atoms with Crippen molar-refractivity contribution in [3.63, 3.8) is 0 Å². The molecule has 0 bridgehead atoms. The number of amides is 1. The summed E-state index contributed by atoms with van der Waals surface area (Å²) in [6.45, 7) is 0.644. The van der Waals surface area contributed by atoms with Gasteiger partial charge < -0.3 is 11.1 Å². The highest BCUT2D eigenvalue weighted by molar-refractivity contribution is 5.76. The van der Waals surface area contributed by atoms with Gasteiger partial charge in [0.15, 0.2) is 0 Å². The van der Waals surface area contributed by atoms with E-state index in [0.717, 1.165) is 25.7 Å². The van der Waals surface area contributed by atoms with E-state index in [4.69, 9.17) is 5.73 Å². The van der Waals surface area contributed by atoms with Crippen molar-refractivity contribution in [1.29, 1.82) is 0 Å². The van der Waals surface area contributed by atoms with Gasteiger partial charge in [-0.25, -0.2) is 0 Å². The number of fused-ring (bicyclic) bond motifs is 1. The summed E-state index contributed by atoms with van der Waals surface area (Å²) in [6, 6.07) is 8.55. The summed E-state index contributed by atoms with van der Waals surface area (Å²) in [5.74, 6) is 0.632. The lowest BCUT2D eigenvalue weighted by molar-refractivity contribution is -0.122. The van der Waals surface area contributed by atoms with Crippen molar-refractivity contribution in [2.75, 3.05) is 6.54 Å². The molecule has 0 unspecified atom stereocenters. The maximum Gasteiger partial charge on any atom is 0.220 e. The van der Waals surface area contributed by atoms with Crippen LogP contribution in [0.25, 0.3) is 0 Å². The summed E-state index contributed by atoms with van der Waals surface area (Å²) in [6.07, 6.45) is 9.76. The number of benzene rings is 1. The fourth-order valence-corrected chi connectivity index (χ4v) is 4.01. The van der Waals surface area contributed by atoms with Crippen LogP contribution in [-0.2, 0) is 17.6 Å². The number of carbonyl (C=O) groups is 1. The highest BCUT2D eigenvalue weighted by atomic mass is 16.1. The fourth-order valence-electron chi connectivity index (χ4n) is 4.01. The van der Waals surface area contributed by atoms with Crippen molar-refractivity contribution in [3.8, 4) is 0 Å². The van der Waals surface area contributed by atoms with Crippen LogP contribution in [0.5, 0.6) is 0 Å². The second-order valence-electron chi connectivity index (χ2n) is 7.30. The van der Waals surface area contributed by atoms with Crippen molar-refractivity contribution in [3.05, 3.63) is 35.4 Å². The Labute approximate surface area is 133 Å². The third-order valence-electron chi connectivity index (χ3n) is 5.35. The quantitative estimate of drug-likeness (QED) is 0.840. The molecule has 1 aromatic rings. The third-order valence-corrected chi connectivity index (χ3v) is 5.35. The molecule has 3 heteroatoms. The van der Waals surface area contributed by atoms with Gasteiger partial charge in [-0.1, -0.05) is 49.9 Å². The van der Waals surface area contributed by atoms with Gasteiger partial charge in [0.05, 0.1) is 0 Å². The SMILES string of the molecule is NC1(CNC(=O)CC2Cc3ccccc3C2)CCCCCC1. The molecule has 2 aliphatic carbocycles. The van der Waals surface area contributed by atoms with Gasteiger partial charge in [0.25, 0.3) is 0 Å². The summed E-state index contributed by atoms with van der Waals surface area (Å²) < 4.78 is 0. The largest absolute Gasteiger partial charge is 0.354 e. The lowest BCUT2D eigenvalue weighted by atomic mass is 9.91. The van der Waals surface area contributed by atoms with Crippen LogP contribution in [0.3, 0.4) is 0 Å². The molecule has 1 amide bonds. The van der Waals surface area contributed by atoms with E-state index < -0.39 is 0 Å². The summed E-state index contributed by atoms with van der Waals surface area (Å²) >= 11 is 0. The van der Waals surface area contributed by atoms with E-state index >= 15 is 0 Å². The van der Waals surface area contributed by atoms with Gasteiger partial charge in [-0.05, 0) is 42.7 Å². The minimum atomic E-state index is -0.176. The fraction of sp³-hybridized carbons (Fsp3) is 0.632. The molecule has 120 valence electrons. The Balaban J connectivity index is 1.45. The smallest absolute Gasteiger partial charge is 0.220 e. The van der Waals surface area contributed by atoms with Gasteiger partial charge in [0.1, 0.15) is 0 Å². The molecule has 1 fully saturated rings. The molecule has 1 saturated carbocycles. The van der Waals surface area contributed by atoms with Crippen LogP contribution in [0.15, 0.2) is 24.3 Å². The van der Waals surface area contributed by atoms with Crippen molar-refractivity contribution < 1.29 is 4.79 Å². The van der Waals surface area contributed by atoms with E-state index in [1.165, 1.54) is 36.8 Å².